The number of nitrogens with zero attached hydrogens (tertiary/aromatic N) is 1. The lowest BCUT2D eigenvalue weighted by molar-refractivity contribution is 0.567. The Labute approximate surface area is 106 Å². The van der Waals surface area contributed by atoms with Gasteiger partial charge < -0.3 is 5.32 Å². The Morgan fingerprint density at radius 1 is 1.50 bits per heavy atom. The third kappa shape index (κ3) is 2.60. The summed E-state index contributed by atoms with van der Waals surface area (Å²) in [4.78, 5) is 5.88. The van der Waals surface area contributed by atoms with Crippen LogP contribution in [-0.4, -0.2) is 22.5 Å². The van der Waals surface area contributed by atoms with Crippen LogP contribution in [0.1, 0.15) is 41.4 Å². The Balaban J connectivity index is 1.93. The number of hydrogen-bond donors (Lipinski definition) is 1. The van der Waals surface area contributed by atoms with Crippen LogP contribution >= 0.6 is 23.1 Å². The molecule has 0 radical (unpaired) electrons. The molecule has 1 unspecified atom stereocenters. The number of aromatic nitrogens is 1. The van der Waals surface area contributed by atoms with Crippen LogP contribution in [0.25, 0.3) is 0 Å². The molecule has 0 aromatic carbocycles. The molecule has 1 aromatic rings. The molecule has 4 heteroatoms. The zero-order valence-electron chi connectivity index (χ0n) is 10.5. The highest BCUT2D eigenvalue weighted by atomic mass is 32.2. The maximum atomic E-state index is 4.49. The van der Waals surface area contributed by atoms with Crippen molar-refractivity contribution < 1.29 is 0 Å². The number of aryl methyl sites for hydroxylation is 2. The van der Waals surface area contributed by atoms with Crippen molar-refractivity contribution in [1.29, 1.82) is 0 Å². The van der Waals surface area contributed by atoms with Crippen LogP contribution in [0.3, 0.4) is 0 Å². The minimum absolute atomic E-state index is 0.441. The van der Waals surface area contributed by atoms with E-state index in [1.165, 1.54) is 28.4 Å². The Hall–Kier alpha value is -0.0600. The van der Waals surface area contributed by atoms with Crippen LogP contribution in [0, 0.1) is 13.8 Å². The molecule has 2 nitrogen and oxygen atoms in total. The lowest BCUT2D eigenvalue weighted by Gasteiger charge is -2.17. The van der Waals surface area contributed by atoms with Crippen LogP contribution in [0.4, 0.5) is 0 Å². The fourth-order valence-electron chi connectivity index (χ4n) is 1.97. The highest BCUT2D eigenvalue weighted by Crippen LogP contribution is 2.46. The molecule has 1 heterocycles. The van der Waals surface area contributed by atoms with E-state index in [9.17, 15) is 0 Å². The molecule has 0 amide bonds. The molecule has 2 rings (SSSR count). The second-order valence-corrected chi connectivity index (χ2v) is 7.18. The lowest BCUT2D eigenvalue weighted by atomic mass is 10.2. The van der Waals surface area contributed by atoms with Gasteiger partial charge in [-0.15, -0.1) is 11.3 Å². The monoisotopic (exact) mass is 256 g/mol. The fraction of sp³-hybridized carbons (Fsp3) is 0.750. The minimum atomic E-state index is 0.441. The quantitative estimate of drug-likeness (QED) is 0.875. The summed E-state index contributed by atoms with van der Waals surface area (Å²) < 4.78 is 0.544. The average molecular weight is 256 g/mol. The smallest absolute Gasteiger partial charge is 0.0900 e. The van der Waals surface area contributed by atoms with E-state index in [4.69, 9.17) is 0 Å². The van der Waals surface area contributed by atoms with Crippen LogP contribution in [0.5, 0.6) is 0 Å². The van der Waals surface area contributed by atoms with Crippen LogP contribution in [-0.2, 0) is 0 Å². The Morgan fingerprint density at radius 2 is 2.19 bits per heavy atom. The summed E-state index contributed by atoms with van der Waals surface area (Å²) in [6.45, 7) is 7.57. The van der Waals surface area contributed by atoms with E-state index in [-0.39, 0.29) is 0 Å². The molecule has 0 bridgehead atoms. The van der Waals surface area contributed by atoms with Crippen LogP contribution < -0.4 is 5.32 Å². The summed E-state index contributed by atoms with van der Waals surface area (Å²) in [5.74, 6) is 0. The zero-order valence-corrected chi connectivity index (χ0v) is 12.1. The molecule has 1 aliphatic carbocycles. The predicted molar refractivity (Wildman–Crippen MR) is 73.5 cm³/mol. The molecule has 16 heavy (non-hydrogen) atoms. The number of hydrogen-bond acceptors (Lipinski definition) is 4. The van der Waals surface area contributed by atoms with Crippen molar-refractivity contribution in [2.24, 2.45) is 0 Å². The van der Waals surface area contributed by atoms with Crippen molar-refractivity contribution in [1.82, 2.24) is 10.3 Å². The topological polar surface area (TPSA) is 24.9 Å². The van der Waals surface area contributed by atoms with Gasteiger partial charge in [-0.2, -0.15) is 11.8 Å². The van der Waals surface area contributed by atoms with Gasteiger partial charge in [0, 0.05) is 22.2 Å². The van der Waals surface area contributed by atoms with Crippen LogP contribution in [0.15, 0.2) is 0 Å². The summed E-state index contributed by atoms with van der Waals surface area (Å²) in [7, 11) is 0. The first-order chi connectivity index (χ1) is 7.56. The molecular weight excluding hydrogens is 236 g/mol. The van der Waals surface area contributed by atoms with Gasteiger partial charge in [0.2, 0.25) is 0 Å². The first-order valence-corrected chi connectivity index (χ1v) is 7.83. The highest BCUT2D eigenvalue weighted by molar-refractivity contribution is 8.00. The second-order valence-electron chi connectivity index (χ2n) is 4.67. The second kappa shape index (κ2) is 4.67. The third-order valence-electron chi connectivity index (χ3n) is 3.30. The summed E-state index contributed by atoms with van der Waals surface area (Å²) in [6.07, 6.45) is 4.96. The zero-order chi connectivity index (χ0) is 11.8. The van der Waals surface area contributed by atoms with E-state index in [0.717, 1.165) is 6.54 Å². The van der Waals surface area contributed by atoms with Gasteiger partial charge in [-0.25, -0.2) is 4.98 Å². The maximum Gasteiger partial charge on any atom is 0.0900 e. The molecule has 1 saturated carbocycles. The van der Waals surface area contributed by atoms with Gasteiger partial charge in [0.05, 0.1) is 10.7 Å². The highest BCUT2D eigenvalue weighted by Gasteiger charge is 2.41. The van der Waals surface area contributed by atoms with Gasteiger partial charge in [-0.05, 0) is 39.9 Å². The van der Waals surface area contributed by atoms with Gasteiger partial charge in [0.15, 0.2) is 0 Å². The largest absolute Gasteiger partial charge is 0.308 e. The van der Waals surface area contributed by atoms with E-state index in [2.05, 4.69) is 37.3 Å². The number of nitrogens with one attached hydrogen (secondary N) is 1. The summed E-state index contributed by atoms with van der Waals surface area (Å²) in [5, 5.41) is 4.83. The average Bonchev–Trinajstić information content (AvgIpc) is 2.96. The van der Waals surface area contributed by atoms with Gasteiger partial charge in [-0.3, -0.25) is 0 Å². The Kier molecular flexibility index (Phi) is 3.62. The molecule has 1 aromatic heterocycles. The fourth-order valence-corrected chi connectivity index (χ4v) is 3.67. The SMILES string of the molecule is CSC1(CNC(C)c2sc(C)nc2C)CC1. The van der Waals surface area contributed by atoms with Crippen molar-refractivity contribution in [2.75, 3.05) is 12.8 Å². The molecular formula is C12H20N2S2. The first-order valence-electron chi connectivity index (χ1n) is 5.79. The third-order valence-corrected chi connectivity index (χ3v) is 5.98. The van der Waals surface area contributed by atoms with Crippen molar-refractivity contribution in [3.8, 4) is 0 Å². The van der Waals surface area contributed by atoms with E-state index in [1.54, 1.807) is 0 Å². The van der Waals surface area contributed by atoms with Crippen molar-refractivity contribution >= 4 is 23.1 Å². The van der Waals surface area contributed by atoms with Gasteiger partial charge >= 0.3 is 0 Å². The number of thiazole rings is 1. The Morgan fingerprint density at radius 3 is 2.62 bits per heavy atom. The first kappa shape index (κ1) is 12.4. The number of thioether (sulfide) groups is 1. The van der Waals surface area contributed by atoms with Crippen LogP contribution in [0.2, 0.25) is 0 Å². The minimum Gasteiger partial charge on any atom is -0.308 e. The molecule has 0 saturated heterocycles. The summed E-state index contributed by atoms with van der Waals surface area (Å²) in [5.41, 5.74) is 1.19. The molecule has 0 aliphatic heterocycles. The van der Waals surface area contributed by atoms with E-state index in [0.29, 0.717) is 10.8 Å². The van der Waals surface area contributed by atoms with E-state index >= 15 is 0 Å². The standard InChI is InChI=1S/C12H20N2S2/c1-8(11-9(2)14-10(3)16-11)13-7-12(15-4)5-6-12/h8,13H,5-7H2,1-4H3. The predicted octanol–water partition coefficient (Wildman–Crippen LogP) is 3.31. The summed E-state index contributed by atoms with van der Waals surface area (Å²) in [6, 6.07) is 0.441. The van der Waals surface area contributed by atoms with Gasteiger partial charge in [-0.1, -0.05) is 0 Å². The van der Waals surface area contributed by atoms with Crippen molar-refractivity contribution in [2.45, 2.75) is 44.4 Å². The molecule has 1 atom stereocenters. The lowest BCUT2D eigenvalue weighted by Crippen LogP contribution is -2.28. The molecule has 90 valence electrons. The number of rotatable bonds is 5. The molecule has 1 N–H and O–H groups in total. The van der Waals surface area contributed by atoms with Gasteiger partial charge in [0.25, 0.3) is 0 Å². The van der Waals surface area contributed by atoms with Gasteiger partial charge in [0.1, 0.15) is 0 Å². The molecule has 1 aliphatic rings. The molecule has 0 spiro atoms. The normalized spacial score (nSPS) is 19.8. The van der Waals surface area contributed by atoms with E-state index in [1.807, 2.05) is 23.1 Å². The Bertz CT molecular complexity index is 369. The van der Waals surface area contributed by atoms with Crippen molar-refractivity contribution in [3.05, 3.63) is 15.6 Å². The summed E-state index contributed by atoms with van der Waals surface area (Å²) >= 11 is 3.83. The molecule has 1 fully saturated rings. The maximum absolute atomic E-state index is 4.49. The van der Waals surface area contributed by atoms with E-state index < -0.39 is 0 Å². The van der Waals surface area contributed by atoms with Crippen molar-refractivity contribution in [3.63, 3.8) is 0 Å².